The number of ether oxygens (including phenoxy) is 1. The zero-order valence-corrected chi connectivity index (χ0v) is 12.0. The van der Waals surface area contributed by atoms with Gasteiger partial charge in [-0.25, -0.2) is 4.39 Å². The van der Waals surface area contributed by atoms with Crippen LogP contribution >= 0.6 is 0 Å². The molecule has 0 amide bonds. The molecule has 0 aromatic carbocycles. The van der Waals surface area contributed by atoms with Crippen molar-refractivity contribution in [3.8, 4) is 5.75 Å². The molecule has 0 aliphatic rings. The molecule has 1 unspecified atom stereocenters. The molecule has 5 heteroatoms. The van der Waals surface area contributed by atoms with Crippen LogP contribution in [0.3, 0.4) is 0 Å². The van der Waals surface area contributed by atoms with Crippen LogP contribution in [-0.2, 0) is 6.54 Å². The third kappa shape index (κ3) is 3.98. The van der Waals surface area contributed by atoms with Crippen molar-refractivity contribution < 1.29 is 9.13 Å². The first-order chi connectivity index (χ1) is 8.39. The molecule has 1 rings (SSSR count). The lowest BCUT2D eigenvalue weighted by molar-refractivity contribution is 0.267. The van der Waals surface area contributed by atoms with Crippen molar-refractivity contribution in [1.82, 2.24) is 15.1 Å². The van der Waals surface area contributed by atoms with Gasteiger partial charge in [0.15, 0.2) is 11.9 Å². The highest BCUT2D eigenvalue weighted by atomic mass is 19.1. The number of hydrogen-bond acceptors (Lipinski definition) is 3. The lowest BCUT2D eigenvalue weighted by Gasteiger charge is -2.22. The number of hydrogen-bond donors (Lipinski definition) is 1. The Morgan fingerprint density at radius 2 is 2.17 bits per heavy atom. The first-order valence-electron chi connectivity index (χ1n) is 6.37. The summed E-state index contributed by atoms with van der Waals surface area (Å²) in [5.41, 5.74) is 0.420. The van der Waals surface area contributed by atoms with Crippen molar-refractivity contribution in [3.63, 3.8) is 0 Å². The molecule has 0 spiro atoms. The maximum absolute atomic E-state index is 14.3. The Kier molecular flexibility index (Phi) is 5.14. The minimum atomic E-state index is -1.12. The van der Waals surface area contributed by atoms with E-state index in [4.69, 9.17) is 4.74 Å². The molecule has 0 aliphatic carbocycles. The highest BCUT2D eigenvalue weighted by Gasteiger charge is 2.23. The van der Waals surface area contributed by atoms with E-state index in [1.54, 1.807) is 18.0 Å². The van der Waals surface area contributed by atoms with Crippen LogP contribution < -0.4 is 10.1 Å². The first-order valence-corrected chi connectivity index (χ1v) is 6.37. The standard InChI is InChI=1S/C13H24FN3O/c1-6-7-17-12(11(18-5)9-16-17)10(14)8-15-13(2,3)4/h9-10,15H,6-8H2,1-5H3. The minimum absolute atomic E-state index is 0.104. The SMILES string of the molecule is CCCn1ncc(OC)c1C(F)CNC(C)(C)C. The van der Waals surface area contributed by atoms with Crippen LogP contribution in [0.5, 0.6) is 5.75 Å². The van der Waals surface area contributed by atoms with Crippen molar-refractivity contribution >= 4 is 0 Å². The molecule has 0 radical (unpaired) electrons. The number of methoxy groups -OCH3 is 1. The number of halogens is 1. The summed E-state index contributed by atoms with van der Waals surface area (Å²) in [7, 11) is 1.54. The van der Waals surface area contributed by atoms with Crippen LogP contribution in [0.2, 0.25) is 0 Å². The maximum atomic E-state index is 14.3. The molecule has 1 aromatic heterocycles. The summed E-state index contributed by atoms with van der Waals surface area (Å²) in [6, 6.07) is 0. The van der Waals surface area contributed by atoms with Gasteiger partial charge in [0.2, 0.25) is 0 Å². The van der Waals surface area contributed by atoms with E-state index in [1.807, 2.05) is 27.7 Å². The Morgan fingerprint density at radius 1 is 1.50 bits per heavy atom. The van der Waals surface area contributed by atoms with Gasteiger partial charge in [0.1, 0.15) is 5.69 Å². The van der Waals surface area contributed by atoms with Crippen molar-refractivity contribution in [3.05, 3.63) is 11.9 Å². The van der Waals surface area contributed by atoms with Gasteiger partial charge in [-0.2, -0.15) is 5.10 Å². The van der Waals surface area contributed by atoms with Gasteiger partial charge in [-0.05, 0) is 27.2 Å². The third-order valence-electron chi connectivity index (χ3n) is 2.61. The summed E-state index contributed by atoms with van der Waals surface area (Å²) in [4.78, 5) is 0. The number of alkyl halides is 1. The van der Waals surface area contributed by atoms with Crippen LogP contribution in [-0.4, -0.2) is 29.0 Å². The van der Waals surface area contributed by atoms with Crippen molar-refractivity contribution in [2.24, 2.45) is 0 Å². The van der Waals surface area contributed by atoms with E-state index in [2.05, 4.69) is 10.4 Å². The Hall–Kier alpha value is -1.10. The number of aromatic nitrogens is 2. The minimum Gasteiger partial charge on any atom is -0.493 e. The van der Waals surface area contributed by atoms with Crippen LogP contribution in [0, 0.1) is 0 Å². The first kappa shape index (κ1) is 15.0. The van der Waals surface area contributed by atoms with Crippen LogP contribution in [0.1, 0.15) is 46.0 Å². The lowest BCUT2D eigenvalue weighted by Crippen LogP contribution is -2.38. The lowest BCUT2D eigenvalue weighted by atomic mass is 10.1. The second kappa shape index (κ2) is 6.18. The zero-order chi connectivity index (χ0) is 13.8. The summed E-state index contributed by atoms with van der Waals surface area (Å²) in [6.45, 7) is 9.04. The normalized spacial score (nSPS) is 13.7. The predicted molar refractivity (Wildman–Crippen MR) is 70.7 cm³/mol. The molecule has 104 valence electrons. The van der Waals surface area contributed by atoms with E-state index in [9.17, 15) is 4.39 Å². The van der Waals surface area contributed by atoms with Gasteiger partial charge in [-0.1, -0.05) is 6.92 Å². The van der Waals surface area contributed by atoms with Crippen molar-refractivity contribution in [1.29, 1.82) is 0 Å². The molecule has 0 aliphatic heterocycles. The molecule has 18 heavy (non-hydrogen) atoms. The Balaban J connectivity index is 2.82. The highest BCUT2D eigenvalue weighted by Crippen LogP contribution is 2.27. The average molecular weight is 257 g/mol. The molecule has 1 atom stereocenters. The van der Waals surface area contributed by atoms with E-state index < -0.39 is 6.17 Å². The van der Waals surface area contributed by atoms with E-state index in [0.717, 1.165) is 6.42 Å². The van der Waals surface area contributed by atoms with E-state index in [0.29, 0.717) is 18.0 Å². The summed E-state index contributed by atoms with van der Waals surface area (Å²) < 4.78 is 21.2. The molecule has 1 N–H and O–H groups in total. The fourth-order valence-electron chi connectivity index (χ4n) is 1.73. The van der Waals surface area contributed by atoms with E-state index >= 15 is 0 Å². The van der Waals surface area contributed by atoms with Gasteiger partial charge < -0.3 is 10.1 Å². The van der Waals surface area contributed by atoms with Gasteiger partial charge in [-0.15, -0.1) is 0 Å². The maximum Gasteiger partial charge on any atom is 0.163 e. The fraction of sp³-hybridized carbons (Fsp3) is 0.769. The van der Waals surface area contributed by atoms with Crippen molar-refractivity contribution in [2.75, 3.05) is 13.7 Å². The molecule has 0 saturated heterocycles. The average Bonchev–Trinajstić information content (AvgIpc) is 2.68. The second-order valence-corrected chi connectivity index (χ2v) is 5.42. The molecule has 0 saturated carbocycles. The number of nitrogens with one attached hydrogen (secondary N) is 1. The summed E-state index contributed by atoms with van der Waals surface area (Å²) >= 11 is 0. The summed E-state index contributed by atoms with van der Waals surface area (Å²) in [5, 5.41) is 7.32. The molecule has 4 nitrogen and oxygen atoms in total. The fourth-order valence-corrected chi connectivity index (χ4v) is 1.73. The Labute approximate surface area is 109 Å². The molecule has 0 bridgehead atoms. The number of aryl methyl sites for hydroxylation is 1. The monoisotopic (exact) mass is 257 g/mol. The molecule has 1 heterocycles. The largest absolute Gasteiger partial charge is 0.493 e. The van der Waals surface area contributed by atoms with E-state index in [-0.39, 0.29) is 12.1 Å². The topological polar surface area (TPSA) is 39.1 Å². The second-order valence-electron chi connectivity index (χ2n) is 5.42. The molecular weight excluding hydrogens is 233 g/mol. The van der Waals surface area contributed by atoms with Gasteiger partial charge in [0.25, 0.3) is 0 Å². The molecular formula is C13H24FN3O. The number of rotatable bonds is 6. The zero-order valence-electron chi connectivity index (χ0n) is 12.0. The molecule has 0 fully saturated rings. The quantitative estimate of drug-likeness (QED) is 0.851. The van der Waals surface area contributed by atoms with Crippen LogP contribution in [0.25, 0.3) is 0 Å². The molecule has 1 aromatic rings. The third-order valence-corrected chi connectivity index (χ3v) is 2.61. The summed E-state index contributed by atoms with van der Waals surface area (Å²) in [5.74, 6) is 0.520. The van der Waals surface area contributed by atoms with E-state index in [1.165, 1.54) is 0 Å². The van der Waals surface area contributed by atoms with Gasteiger partial charge in [-0.3, -0.25) is 4.68 Å². The van der Waals surface area contributed by atoms with Crippen molar-refractivity contribution in [2.45, 2.75) is 52.4 Å². The van der Waals surface area contributed by atoms with Crippen LogP contribution in [0.15, 0.2) is 6.20 Å². The highest BCUT2D eigenvalue weighted by molar-refractivity contribution is 5.27. The number of nitrogens with zero attached hydrogens (tertiary/aromatic N) is 2. The Morgan fingerprint density at radius 3 is 2.67 bits per heavy atom. The predicted octanol–water partition coefficient (Wildman–Crippen LogP) is 2.70. The smallest absolute Gasteiger partial charge is 0.163 e. The van der Waals surface area contributed by atoms with Gasteiger partial charge in [0.05, 0.1) is 13.3 Å². The van der Waals surface area contributed by atoms with Crippen LogP contribution in [0.4, 0.5) is 4.39 Å². The Bertz CT molecular complexity index is 371. The van der Waals surface area contributed by atoms with Gasteiger partial charge >= 0.3 is 0 Å². The summed E-state index contributed by atoms with van der Waals surface area (Å²) in [6.07, 6.45) is 1.37. The van der Waals surface area contributed by atoms with Gasteiger partial charge in [0, 0.05) is 18.6 Å².